The van der Waals surface area contributed by atoms with Crippen LogP contribution in [0.4, 0.5) is 0 Å². The van der Waals surface area contributed by atoms with Gasteiger partial charge in [0.1, 0.15) is 9.98 Å². The summed E-state index contributed by atoms with van der Waals surface area (Å²) < 4.78 is 0. The van der Waals surface area contributed by atoms with Gasteiger partial charge in [-0.2, -0.15) is 0 Å². The van der Waals surface area contributed by atoms with E-state index in [4.69, 9.17) is 16.6 Å². The zero-order valence-corrected chi connectivity index (χ0v) is 13.3. The third kappa shape index (κ3) is 2.25. The number of benzene rings is 1. The Balaban J connectivity index is 1.91. The first-order valence-electron chi connectivity index (χ1n) is 7.25. The number of hydrogen-bond acceptors (Lipinski definition) is 3. The minimum atomic E-state index is 0.603. The molecular weight excluding hydrogens is 300 g/mol. The van der Waals surface area contributed by atoms with Crippen molar-refractivity contribution in [2.24, 2.45) is 5.92 Å². The van der Waals surface area contributed by atoms with Crippen molar-refractivity contribution in [3.63, 3.8) is 0 Å². The third-order valence-corrected chi connectivity index (χ3v) is 5.56. The van der Waals surface area contributed by atoms with Gasteiger partial charge in [0.25, 0.3) is 0 Å². The number of nitrogens with zero attached hydrogens (tertiary/aromatic N) is 2. The van der Waals surface area contributed by atoms with Crippen molar-refractivity contribution in [2.45, 2.75) is 26.2 Å². The Kier molecular flexibility index (Phi) is 3.20. The van der Waals surface area contributed by atoms with Crippen LogP contribution < -0.4 is 0 Å². The molecule has 1 atom stereocenters. The Labute approximate surface area is 132 Å². The van der Waals surface area contributed by atoms with Gasteiger partial charge in [-0.15, -0.1) is 11.3 Å². The topological polar surface area (TPSA) is 25.8 Å². The maximum Gasteiger partial charge on any atom is 0.162 e. The van der Waals surface area contributed by atoms with Crippen LogP contribution in [0.2, 0.25) is 5.15 Å². The largest absolute Gasteiger partial charge is 0.217 e. The zero-order chi connectivity index (χ0) is 14.4. The Bertz CT molecular complexity index is 811. The van der Waals surface area contributed by atoms with Crippen LogP contribution in [0.25, 0.3) is 21.6 Å². The molecule has 0 radical (unpaired) electrons. The lowest BCUT2D eigenvalue weighted by atomic mass is 9.89. The van der Waals surface area contributed by atoms with Crippen molar-refractivity contribution < 1.29 is 0 Å². The summed E-state index contributed by atoms with van der Waals surface area (Å²) in [7, 11) is 0. The van der Waals surface area contributed by atoms with Gasteiger partial charge in [-0.05, 0) is 30.7 Å². The van der Waals surface area contributed by atoms with Crippen molar-refractivity contribution in [3.05, 3.63) is 45.9 Å². The first-order chi connectivity index (χ1) is 10.2. The fourth-order valence-corrected chi connectivity index (χ4v) is 4.74. The maximum atomic E-state index is 6.48. The average molecular weight is 315 g/mol. The molecule has 0 spiro atoms. The summed E-state index contributed by atoms with van der Waals surface area (Å²) in [6.45, 7) is 2.32. The molecule has 2 nitrogen and oxygen atoms in total. The van der Waals surface area contributed by atoms with E-state index >= 15 is 0 Å². The van der Waals surface area contributed by atoms with Gasteiger partial charge in [0, 0.05) is 10.4 Å². The highest BCUT2D eigenvalue weighted by atomic mass is 35.5. The van der Waals surface area contributed by atoms with E-state index in [1.165, 1.54) is 16.9 Å². The monoisotopic (exact) mass is 314 g/mol. The van der Waals surface area contributed by atoms with Gasteiger partial charge < -0.3 is 0 Å². The molecule has 1 aliphatic rings. The predicted octanol–water partition coefficient (Wildman–Crippen LogP) is 5.14. The zero-order valence-electron chi connectivity index (χ0n) is 11.8. The molecule has 106 valence electrons. The number of aryl methyl sites for hydroxylation is 1. The highest BCUT2D eigenvalue weighted by molar-refractivity contribution is 7.19. The smallest absolute Gasteiger partial charge is 0.162 e. The standard InChI is InChI=1S/C17H15ClN2S/c1-10-7-8-12-13(9-10)21-17-14(12)15(18)19-16(20-17)11-5-3-2-4-6-11/h2-6,10H,7-9H2,1H3. The van der Waals surface area contributed by atoms with Crippen molar-refractivity contribution in [1.82, 2.24) is 9.97 Å². The lowest BCUT2D eigenvalue weighted by molar-refractivity contribution is 0.509. The normalized spacial score (nSPS) is 17.9. The van der Waals surface area contributed by atoms with Crippen molar-refractivity contribution >= 4 is 33.2 Å². The van der Waals surface area contributed by atoms with E-state index in [1.54, 1.807) is 11.3 Å². The van der Waals surface area contributed by atoms with Crippen LogP contribution >= 0.6 is 22.9 Å². The molecular formula is C17H15ClN2S. The van der Waals surface area contributed by atoms with Gasteiger partial charge >= 0.3 is 0 Å². The molecule has 2 aromatic heterocycles. The lowest BCUT2D eigenvalue weighted by Crippen LogP contribution is -2.08. The molecule has 2 heterocycles. The van der Waals surface area contributed by atoms with Gasteiger partial charge in [0.05, 0.1) is 5.39 Å². The van der Waals surface area contributed by atoms with Gasteiger partial charge in [-0.1, -0.05) is 48.9 Å². The Hall–Kier alpha value is -1.45. The van der Waals surface area contributed by atoms with Crippen LogP contribution in [0.15, 0.2) is 30.3 Å². The van der Waals surface area contributed by atoms with Gasteiger partial charge in [-0.25, -0.2) is 9.97 Å². The second-order valence-electron chi connectivity index (χ2n) is 5.74. The van der Waals surface area contributed by atoms with E-state index in [0.29, 0.717) is 5.15 Å². The van der Waals surface area contributed by atoms with Crippen molar-refractivity contribution in [2.75, 3.05) is 0 Å². The summed E-state index contributed by atoms with van der Waals surface area (Å²) in [6.07, 6.45) is 3.48. The molecule has 21 heavy (non-hydrogen) atoms. The van der Waals surface area contributed by atoms with Crippen LogP contribution in [0.1, 0.15) is 23.8 Å². The predicted molar refractivity (Wildman–Crippen MR) is 89.1 cm³/mol. The quantitative estimate of drug-likeness (QED) is 0.581. The first kappa shape index (κ1) is 13.2. The Morgan fingerprint density at radius 3 is 2.81 bits per heavy atom. The molecule has 1 aliphatic carbocycles. The van der Waals surface area contributed by atoms with Crippen molar-refractivity contribution in [3.8, 4) is 11.4 Å². The number of fused-ring (bicyclic) bond motifs is 3. The fraction of sp³-hybridized carbons (Fsp3) is 0.294. The van der Waals surface area contributed by atoms with E-state index in [-0.39, 0.29) is 0 Å². The van der Waals surface area contributed by atoms with Gasteiger partial charge in [-0.3, -0.25) is 0 Å². The van der Waals surface area contributed by atoms with Gasteiger partial charge in [0.15, 0.2) is 5.82 Å². The molecule has 0 N–H and O–H groups in total. The molecule has 4 heteroatoms. The first-order valence-corrected chi connectivity index (χ1v) is 8.45. The summed E-state index contributed by atoms with van der Waals surface area (Å²) in [6, 6.07) is 10.0. The number of thiophene rings is 1. The molecule has 1 aromatic carbocycles. The van der Waals surface area contributed by atoms with E-state index in [2.05, 4.69) is 11.9 Å². The average Bonchev–Trinajstić information content (AvgIpc) is 2.85. The van der Waals surface area contributed by atoms with E-state index in [1.807, 2.05) is 30.3 Å². The van der Waals surface area contributed by atoms with E-state index in [0.717, 1.165) is 40.4 Å². The second-order valence-corrected chi connectivity index (χ2v) is 7.18. The molecule has 3 aromatic rings. The van der Waals surface area contributed by atoms with Crippen LogP contribution in [0, 0.1) is 5.92 Å². The Morgan fingerprint density at radius 1 is 1.19 bits per heavy atom. The molecule has 0 saturated carbocycles. The van der Waals surface area contributed by atoms with Crippen molar-refractivity contribution in [1.29, 1.82) is 0 Å². The summed E-state index contributed by atoms with van der Waals surface area (Å²) >= 11 is 8.27. The molecule has 4 rings (SSSR count). The molecule has 1 unspecified atom stereocenters. The lowest BCUT2D eigenvalue weighted by Gasteiger charge is -2.17. The van der Waals surface area contributed by atoms with Gasteiger partial charge in [0.2, 0.25) is 0 Å². The van der Waals surface area contributed by atoms with E-state index < -0.39 is 0 Å². The number of rotatable bonds is 1. The molecule has 0 amide bonds. The minimum absolute atomic E-state index is 0.603. The van der Waals surface area contributed by atoms with Crippen LogP contribution in [-0.2, 0) is 12.8 Å². The summed E-state index contributed by atoms with van der Waals surface area (Å²) in [5.74, 6) is 1.48. The highest BCUT2D eigenvalue weighted by Crippen LogP contribution is 2.40. The Morgan fingerprint density at radius 2 is 2.00 bits per heavy atom. The minimum Gasteiger partial charge on any atom is -0.217 e. The van der Waals surface area contributed by atoms with Crippen LogP contribution in [-0.4, -0.2) is 9.97 Å². The summed E-state index contributed by atoms with van der Waals surface area (Å²) in [4.78, 5) is 11.8. The SMILES string of the molecule is CC1CCc2c(sc3nc(-c4ccccc4)nc(Cl)c23)C1. The second kappa shape index (κ2) is 5.08. The molecule has 0 fully saturated rings. The summed E-state index contributed by atoms with van der Waals surface area (Å²) in [5, 5.41) is 1.69. The highest BCUT2D eigenvalue weighted by Gasteiger charge is 2.23. The van der Waals surface area contributed by atoms with Crippen LogP contribution in [0.5, 0.6) is 0 Å². The number of aromatic nitrogens is 2. The molecule has 0 aliphatic heterocycles. The molecule has 0 saturated heterocycles. The third-order valence-electron chi connectivity index (χ3n) is 4.14. The number of halogens is 1. The fourth-order valence-electron chi connectivity index (χ4n) is 3.01. The van der Waals surface area contributed by atoms with Crippen LogP contribution in [0.3, 0.4) is 0 Å². The summed E-state index contributed by atoms with van der Waals surface area (Å²) in [5.41, 5.74) is 2.40. The molecule has 0 bridgehead atoms. The van der Waals surface area contributed by atoms with E-state index in [9.17, 15) is 0 Å². The maximum absolute atomic E-state index is 6.48. The number of hydrogen-bond donors (Lipinski definition) is 0.